The quantitative estimate of drug-likeness (QED) is 0.679. The van der Waals surface area contributed by atoms with Gasteiger partial charge in [0.2, 0.25) is 0 Å². The molecule has 0 bridgehead atoms. The van der Waals surface area contributed by atoms with Crippen LogP contribution in [0.15, 0.2) is 18.2 Å². The number of rotatable bonds is 4. The molecule has 0 unspecified atom stereocenters. The summed E-state index contributed by atoms with van der Waals surface area (Å²) in [6.07, 6.45) is 1.19. The summed E-state index contributed by atoms with van der Waals surface area (Å²) in [5, 5.41) is 14.0. The molecule has 1 fully saturated rings. The fourth-order valence-electron chi connectivity index (χ4n) is 2.36. The largest absolute Gasteiger partial charge is 0.382 e. The Bertz CT molecular complexity index is 446. The lowest BCUT2D eigenvalue weighted by molar-refractivity contribution is -0.384. The van der Waals surface area contributed by atoms with Gasteiger partial charge in [-0.05, 0) is 24.3 Å². The average molecular weight is 281 g/mol. The van der Waals surface area contributed by atoms with Crippen LogP contribution in [0.4, 0.5) is 11.4 Å². The number of anilines is 1. The monoisotopic (exact) mass is 281 g/mol. The first-order valence-electron chi connectivity index (χ1n) is 6.46. The minimum atomic E-state index is -0.326. The maximum atomic E-state index is 11.0. The van der Waals surface area contributed by atoms with Gasteiger partial charge in [-0.25, -0.2) is 0 Å². The predicted molar refractivity (Wildman–Crippen MR) is 79.9 cm³/mol. The molecule has 104 valence electrons. The Morgan fingerprint density at radius 2 is 2.26 bits per heavy atom. The number of nitrogens with zero attached hydrogens (tertiary/aromatic N) is 2. The summed E-state index contributed by atoms with van der Waals surface area (Å²) in [6.45, 7) is 2.90. The third kappa shape index (κ3) is 3.61. The van der Waals surface area contributed by atoms with Gasteiger partial charge in [0.05, 0.1) is 4.92 Å². The Morgan fingerprint density at radius 3 is 3.00 bits per heavy atom. The molecule has 1 heterocycles. The standard InChI is InChI=1S/C13H19N3O2S/c1-14-13-11(4-2-5-12(13)16(17)18)10-15-6-3-8-19-9-7-15/h2,4-5,14H,3,6-10H2,1H3. The van der Waals surface area contributed by atoms with E-state index in [1.54, 1.807) is 19.2 Å². The molecular formula is C13H19N3O2S. The van der Waals surface area contributed by atoms with Gasteiger partial charge in [0, 0.05) is 32.0 Å². The molecule has 1 aromatic rings. The van der Waals surface area contributed by atoms with Crippen LogP contribution in [-0.4, -0.2) is 41.5 Å². The van der Waals surface area contributed by atoms with Crippen LogP contribution >= 0.6 is 11.8 Å². The summed E-state index contributed by atoms with van der Waals surface area (Å²) < 4.78 is 0. The molecule has 2 rings (SSSR count). The van der Waals surface area contributed by atoms with Crippen molar-refractivity contribution >= 4 is 23.1 Å². The molecule has 0 aliphatic carbocycles. The number of nitro groups is 1. The molecule has 1 aromatic carbocycles. The van der Waals surface area contributed by atoms with Crippen molar-refractivity contribution < 1.29 is 4.92 Å². The molecule has 0 atom stereocenters. The summed E-state index contributed by atoms with van der Waals surface area (Å²) in [4.78, 5) is 13.1. The van der Waals surface area contributed by atoms with Crippen molar-refractivity contribution in [1.82, 2.24) is 4.90 Å². The van der Waals surface area contributed by atoms with Crippen LogP contribution in [0.25, 0.3) is 0 Å². The number of hydrogen-bond acceptors (Lipinski definition) is 5. The van der Waals surface area contributed by atoms with Crippen molar-refractivity contribution in [3.63, 3.8) is 0 Å². The van der Waals surface area contributed by atoms with E-state index in [0.29, 0.717) is 5.69 Å². The summed E-state index contributed by atoms with van der Waals surface area (Å²) in [6, 6.07) is 5.28. The summed E-state index contributed by atoms with van der Waals surface area (Å²) in [5.74, 6) is 2.36. The fraction of sp³-hybridized carbons (Fsp3) is 0.538. The van der Waals surface area contributed by atoms with Crippen molar-refractivity contribution in [2.75, 3.05) is 37.0 Å². The average Bonchev–Trinajstić information content (AvgIpc) is 2.67. The van der Waals surface area contributed by atoms with E-state index >= 15 is 0 Å². The first kappa shape index (κ1) is 14.1. The predicted octanol–water partition coefficient (Wildman–Crippen LogP) is 2.58. The lowest BCUT2D eigenvalue weighted by Crippen LogP contribution is -2.25. The van der Waals surface area contributed by atoms with E-state index in [9.17, 15) is 10.1 Å². The smallest absolute Gasteiger partial charge is 0.292 e. The van der Waals surface area contributed by atoms with Crippen molar-refractivity contribution in [2.24, 2.45) is 0 Å². The Hall–Kier alpha value is -1.27. The summed E-state index contributed by atoms with van der Waals surface area (Å²) in [5.41, 5.74) is 1.80. The maximum absolute atomic E-state index is 11.0. The van der Waals surface area contributed by atoms with Gasteiger partial charge in [-0.2, -0.15) is 11.8 Å². The molecule has 0 spiro atoms. The van der Waals surface area contributed by atoms with Gasteiger partial charge in [-0.1, -0.05) is 12.1 Å². The third-order valence-corrected chi connectivity index (χ3v) is 4.33. The second-order valence-corrected chi connectivity index (χ2v) is 5.79. The van der Waals surface area contributed by atoms with Gasteiger partial charge in [-0.3, -0.25) is 15.0 Å². The van der Waals surface area contributed by atoms with E-state index in [4.69, 9.17) is 0 Å². The van der Waals surface area contributed by atoms with Crippen molar-refractivity contribution in [3.8, 4) is 0 Å². The van der Waals surface area contributed by atoms with Gasteiger partial charge in [0.1, 0.15) is 5.69 Å². The highest BCUT2D eigenvalue weighted by atomic mass is 32.2. The maximum Gasteiger partial charge on any atom is 0.292 e. The van der Waals surface area contributed by atoms with E-state index < -0.39 is 0 Å². The van der Waals surface area contributed by atoms with Crippen LogP contribution in [0.5, 0.6) is 0 Å². The molecule has 0 radical (unpaired) electrons. The van der Waals surface area contributed by atoms with Crippen LogP contribution in [0.3, 0.4) is 0 Å². The minimum Gasteiger partial charge on any atom is -0.382 e. The van der Waals surface area contributed by atoms with E-state index in [2.05, 4.69) is 10.2 Å². The lowest BCUT2D eigenvalue weighted by Gasteiger charge is -2.21. The molecule has 6 heteroatoms. The molecule has 1 N–H and O–H groups in total. The SMILES string of the molecule is CNc1c(CN2CCCSCC2)cccc1[N+](=O)[O-]. The van der Waals surface area contributed by atoms with Crippen LogP contribution in [-0.2, 0) is 6.54 Å². The Balaban J connectivity index is 2.19. The van der Waals surface area contributed by atoms with Gasteiger partial charge in [-0.15, -0.1) is 0 Å². The van der Waals surface area contributed by atoms with Crippen LogP contribution < -0.4 is 5.32 Å². The topological polar surface area (TPSA) is 58.4 Å². The Labute approximate surface area is 117 Å². The van der Waals surface area contributed by atoms with E-state index in [0.717, 1.165) is 31.0 Å². The number of nitro benzene ring substituents is 1. The number of thioether (sulfide) groups is 1. The molecule has 0 aromatic heterocycles. The number of para-hydroxylation sites is 1. The molecule has 19 heavy (non-hydrogen) atoms. The third-order valence-electron chi connectivity index (χ3n) is 3.28. The zero-order valence-electron chi connectivity index (χ0n) is 11.1. The second-order valence-electron chi connectivity index (χ2n) is 4.56. The van der Waals surface area contributed by atoms with E-state index in [1.807, 2.05) is 17.8 Å². The Kier molecular flexibility index (Phi) is 5.04. The highest BCUT2D eigenvalue weighted by molar-refractivity contribution is 7.99. The molecule has 1 saturated heterocycles. The molecule has 0 saturated carbocycles. The lowest BCUT2D eigenvalue weighted by atomic mass is 10.1. The molecule has 0 amide bonds. The number of hydrogen-bond donors (Lipinski definition) is 1. The molecular weight excluding hydrogens is 262 g/mol. The normalized spacial score (nSPS) is 16.9. The van der Waals surface area contributed by atoms with Crippen LogP contribution in [0, 0.1) is 10.1 Å². The number of benzene rings is 1. The molecule has 1 aliphatic heterocycles. The zero-order valence-corrected chi connectivity index (χ0v) is 11.9. The number of nitrogens with one attached hydrogen (secondary N) is 1. The molecule has 5 nitrogen and oxygen atoms in total. The van der Waals surface area contributed by atoms with Crippen molar-refractivity contribution in [2.45, 2.75) is 13.0 Å². The van der Waals surface area contributed by atoms with E-state index in [-0.39, 0.29) is 10.6 Å². The van der Waals surface area contributed by atoms with Gasteiger partial charge in [0.25, 0.3) is 5.69 Å². The van der Waals surface area contributed by atoms with Gasteiger partial charge < -0.3 is 5.32 Å². The van der Waals surface area contributed by atoms with Crippen LogP contribution in [0.1, 0.15) is 12.0 Å². The second kappa shape index (κ2) is 6.77. The van der Waals surface area contributed by atoms with Gasteiger partial charge >= 0.3 is 0 Å². The highest BCUT2D eigenvalue weighted by Gasteiger charge is 2.18. The summed E-state index contributed by atoms with van der Waals surface area (Å²) in [7, 11) is 1.74. The fourth-order valence-corrected chi connectivity index (χ4v) is 3.28. The highest BCUT2D eigenvalue weighted by Crippen LogP contribution is 2.29. The summed E-state index contributed by atoms with van der Waals surface area (Å²) >= 11 is 1.98. The van der Waals surface area contributed by atoms with E-state index in [1.165, 1.54) is 12.2 Å². The first-order chi connectivity index (χ1) is 9.22. The molecule has 1 aliphatic rings. The first-order valence-corrected chi connectivity index (χ1v) is 7.62. The minimum absolute atomic E-state index is 0.157. The van der Waals surface area contributed by atoms with Crippen molar-refractivity contribution in [1.29, 1.82) is 0 Å². The Morgan fingerprint density at radius 1 is 1.42 bits per heavy atom. The van der Waals surface area contributed by atoms with Gasteiger partial charge in [0.15, 0.2) is 0 Å². The zero-order chi connectivity index (χ0) is 13.7. The van der Waals surface area contributed by atoms with Crippen LogP contribution in [0.2, 0.25) is 0 Å². The van der Waals surface area contributed by atoms with Crippen molar-refractivity contribution in [3.05, 3.63) is 33.9 Å².